The Hall–Kier alpha value is -7.64. The number of aromatic nitrogens is 19. The van der Waals surface area contributed by atoms with Crippen LogP contribution in [-0.4, -0.2) is 94.6 Å². The smallest absolute Gasteiger partial charge is 0.223 e. The summed E-state index contributed by atoms with van der Waals surface area (Å²) in [5.41, 5.74) is 3.82. The highest BCUT2D eigenvalue weighted by atomic mass is 32.1. The second-order valence-electron chi connectivity index (χ2n) is 14.0. The Morgan fingerprint density at radius 2 is 1.06 bits per heavy atom. The van der Waals surface area contributed by atoms with Crippen molar-refractivity contribution in [2.75, 3.05) is 0 Å². The average Bonchev–Trinajstić information content (AvgIpc) is 4.30. The lowest BCUT2D eigenvalue weighted by atomic mass is 10.4. The number of aryl methyl sites for hydroxylation is 15. The van der Waals surface area contributed by atoms with Crippen LogP contribution in [0, 0.1) is 90.0 Å². The Bertz CT molecular complexity index is 2190. The molecule has 0 saturated carbocycles. The van der Waals surface area contributed by atoms with Gasteiger partial charge in [-0.3, -0.25) is 14.9 Å². The maximum absolute atomic E-state index is 4.86. The molecule has 0 fully saturated rings. The summed E-state index contributed by atoms with van der Waals surface area (Å²) in [5, 5.41) is 41.8. The topological polar surface area (TPSA) is 277 Å². The van der Waals surface area contributed by atoms with Gasteiger partial charge < -0.3 is 22.9 Å². The molecule has 0 unspecified atom stereocenters. The molecule has 22 nitrogen and oxygen atoms in total. The number of furan rings is 1. The summed E-state index contributed by atoms with van der Waals surface area (Å²) in [6.45, 7) is 52.7. The van der Waals surface area contributed by atoms with Gasteiger partial charge >= 0.3 is 0 Å². The Kier molecular flexibility index (Phi) is 74.7. The predicted molar refractivity (Wildman–Crippen MR) is 352 cm³/mol. The first kappa shape index (κ1) is 90.1. The van der Waals surface area contributed by atoms with Crippen LogP contribution in [0.25, 0.3) is 0 Å². The summed E-state index contributed by atoms with van der Waals surface area (Å²) in [5.74, 6) is 5.15. The number of nitrogens with one attached hydrogen (secondary N) is 3. The Labute approximate surface area is 516 Å². The lowest BCUT2D eigenvalue weighted by molar-refractivity contribution is 0.389. The van der Waals surface area contributed by atoms with Crippen molar-refractivity contribution in [3.8, 4) is 0 Å². The minimum absolute atomic E-state index is 0.623. The van der Waals surface area contributed by atoms with Crippen molar-refractivity contribution in [2.45, 2.75) is 187 Å². The van der Waals surface area contributed by atoms with Gasteiger partial charge in [-0.2, -0.15) is 36.0 Å². The zero-order chi connectivity index (χ0) is 65.9. The van der Waals surface area contributed by atoms with E-state index in [0.29, 0.717) is 23.5 Å². The van der Waals surface area contributed by atoms with Crippen molar-refractivity contribution in [2.24, 2.45) is 14.1 Å². The number of H-pyrrole nitrogens is 3. The van der Waals surface area contributed by atoms with Crippen LogP contribution in [0.4, 0.5) is 0 Å². The van der Waals surface area contributed by atoms with E-state index < -0.39 is 0 Å². The largest absolute Gasteiger partial charge is 0.472 e. The summed E-state index contributed by atoms with van der Waals surface area (Å²) in [6.07, 6.45) is 17.3. The van der Waals surface area contributed by atoms with E-state index in [9.17, 15) is 0 Å². The highest BCUT2D eigenvalue weighted by Gasteiger charge is 1.91. The normalized spacial score (nSPS) is 8.06. The van der Waals surface area contributed by atoms with Crippen LogP contribution in [0.5, 0.6) is 0 Å². The van der Waals surface area contributed by atoms with E-state index in [4.69, 9.17) is 8.83 Å². The number of aromatic amines is 3. The lowest BCUT2D eigenvalue weighted by Gasteiger charge is -1.79. The van der Waals surface area contributed by atoms with Crippen LogP contribution >= 0.6 is 34.2 Å². The van der Waals surface area contributed by atoms with Gasteiger partial charge in [0.15, 0.2) is 5.82 Å². The van der Waals surface area contributed by atoms with Gasteiger partial charge in [0.05, 0.1) is 12.5 Å². The molecule has 25 heteroatoms. The predicted octanol–water partition coefficient (Wildman–Crippen LogP) is 16.9. The SMILES string of the molecule is CC.CC.CC.CC.CC.CC.CC.Cc1cc[nH]c1.Cc1ccoc1.Cc1ccsc1.Cc1ncn[nH]1.Cc1ncn[nH]1.Cc1nnc(C)o1.Cc1nnc(C)s1.Cc1noc(C)n1.Cc1nsc(C)n1.Cn1cccc1.Cn1cncn1. The van der Waals surface area contributed by atoms with Gasteiger partial charge in [-0.05, 0) is 139 Å². The molecule has 0 aromatic carbocycles. The third-order valence-corrected chi connectivity index (χ3v) is 9.22. The van der Waals surface area contributed by atoms with E-state index in [-0.39, 0.29) is 0 Å². The minimum Gasteiger partial charge on any atom is -0.472 e. The van der Waals surface area contributed by atoms with Crippen LogP contribution in [0.3, 0.4) is 0 Å². The number of thiophene rings is 1. The molecule has 474 valence electrons. The maximum Gasteiger partial charge on any atom is 0.223 e. The molecule has 0 saturated heterocycles. The molecular formula is C59H107N19O3S3. The Morgan fingerprint density at radius 3 is 1.18 bits per heavy atom. The van der Waals surface area contributed by atoms with E-state index in [1.807, 2.05) is 213 Å². The van der Waals surface area contributed by atoms with Crippen molar-refractivity contribution >= 4 is 34.2 Å². The third kappa shape index (κ3) is 66.9. The molecule has 0 aliphatic rings. The second kappa shape index (κ2) is 69.6. The van der Waals surface area contributed by atoms with Crippen LogP contribution in [0.1, 0.15) is 170 Å². The molecule has 0 aliphatic heterocycles. The molecule has 11 heterocycles. The highest BCUT2D eigenvalue weighted by molar-refractivity contribution is 7.11. The summed E-state index contributed by atoms with van der Waals surface area (Å²) in [6, 6.07) is 10.0. The van der Waals surface area contributed by atoms with E-state index in [0.717, 1.165) is 32.5 Å². The van der Waals surface area contributed by atoms with Crippen LogP contribution in [0.15, 0.2) is 117 Å². The van der Waals surface area contributed by atoms with Gasteiger partial charge in [-0.15, -0.1) is 31.7 Å². The molecule has 0 amide bonds. The van der Waals surface area contributed by atoms with Crippen molar-refractivity contribution in [1.29, 1.82) is 0 Å². The number of hydrogen-bond acceptors (Lipinski definition) is 20. The fourth-order valence-electron chi connectivity index (χ4n) is 3.89. The maximum atomic E-state index is 4.86. The van der Waals surface area contributed by atoms with Crippen LogP contribution in [0.2, 0.25) is 0 Å². The fourth-order valence-corrected chi connectivity index (χ4v) is 5.62. The molecule has 0 aliphatic carbocycles. The van der Waals surface area contributed by atoms with E-state index in [2.05, 4.69) is 121 Å². The van der Waals surface area contributed by atoms with Crippen molar-refractivity contribution < 1.29 is 13.4 Å². The molecule has 84 heavy (non-hydrogen) atoms. The molecule has 0 radical (unpaired) electrons. The highest BCUT2D eigenvalue weighted by Crippen LogP contribution is 2.04. The standard InChI is InChI=1S/2C5H7N.C5H6O.C5H6S.2C4H6N2O.2C4H6N2S.3C3H5N3.7C2H6/c1-5-2-3-6-4-5;1-6-4-2-3-5-6;2*1-5-2-3-6-4-5;1-3-5-6-4(2)7-3;1-3-5-4(2)7-6-3;1-3-5-6-4(2)7-3;1-3-5-4(2)7-6-3;1-6-3-4-2-5-6;2*1-3-4-2-5-6-3;7*1-2/h2-4,6H,1H3;2-5H,1H3;2*2-4H,1H3;4*1-2H3;2-3H,1H3;2*2H,1H3,(H,4,5,6);7*1-2H3. The summed E-state index contributed by atoms with van der Waals surface area (Å²) >= 11 is 4.80. The fraction of sp³-hybridized carbons (Fsp3) is 0.492. The van der Waals surface area contributed by atoms with Crippen molar-refractivity contribution in [3.05, 3.63) is 176 Å². The van der Waals surface area contributed by atoms with Gasteiger partial charge in [-0.1, -0.05) is 102 Å². The molecular weight excluding hydrogens is 1120 g/mol. The van der Waals surface area contributed by atoms with Gasteiger partial charge in [-0.25, -0.2) is 19.9 Å². The van der Waals surface area contributed by atoms with Gasteiger partial charge in [0.1, 0.15) is 57.8 Å². The summed E-state index contributed by atoms with van der Waals surface area (Å²) < 4.78 is 21.8. The molecule has 0 atom stereocenters. The molecule has 11 rings (SSSR count). The third-order valence-electron chi connectivity index (χ3n) is 6.95. The van der Waals surface area contributed by atoms with Gasteiger partial charge in [0.25, 0.3) is 0 Å². The summed E-state index contributed by atoms with van der Waals surface area (Å²) in [4.78, 5) is 22.0. The Morgan fingerprint density at radius 1 is 0.536 bits per heavy atom. The number of hydrogen-bond donors (Lipinski definition) is 3. The van der Waals surface area contributed by atoms with Crippen molar-refractivity contribution in [3.63, 3.8) is 0 Å². The van der Waals surface area contributed by atoms with Gasteiger partial charge in [0.2, 0.25) is 17.7 Å². The first-order valence-corrected chi connectivity index (χ1v) is 30.6. The number of rotatable bonds is 0. The second-order valence-corrected chi connectivity index (χ2v) is 17.1. The van der Waals surface area contributed by atoms with Crippen molar-refractivity contribution in [1.82, 2.24) is 94.6 Å². The monoisotopic (exact) mass is 1230 g/mol. The minimum atomic E-state index is 0.623. The molecule has 11 aromatic heterocycles. The van der Waals surface area contributed by atoms with Crippen LogP contribution in [-0.2, 0) is 14.1 Å². The number of nitrogens with zero attached hydrogens (tertiary/aromatic N) is 16. The first-order chi connectivity index (χ1) is 40.4. The van der Waals surface area contributed by atoms with E-state index >= 15 is 0 Å². The van der Waals surface area contributed by atoms with Crippen LogP contribution < -0.4 is 0 Å². The first-order valence-electron chi connectivity index (χ1n) is 28.0. The average molecular weight is 1230 g/mol. The molecule has 11 aromatic rings. The van der Waals surface area contributed by atoms with E-state index in [1.165, 1.54) is 47.2 Å². The molecule has 3 N–H and O–H groups in total. The van der Waals surface area contributed by atoms with E-state index in [1.54, 1.807) is 73.9 Å². The van der Waals surface area contributed by atoms with Gasteiger partial charge in [0, 0.05) is 59.7 Å². The zero-order valence-electron chi connectivity index (χ0n) is 56.4. The molecule has 0 bridgehead atoms. The Balaban J connectivity index is -0.000000152. The summed E-state index contributed by atoms with van der Waals surface area (Å²) in [7, 11) is 3.83. The quantitative estimate of drug-likeness (QED) is 0.127. The zero-order valence-corrected chi connectivity index (χ0v) is 58.9. The lowest BCUT2D eigenvalue weighted by Crippen LogP contribution is -1.83. The molecule has 0 spiro atoms.